The van der Waals surface area contributed by atoms with Gasteiger partial charge in [-0.2, -0.15) is 4.02 Å². The maximum absolute atomic E-state index is 12.2. The zero-order valence-corrected chi connectivity index (χ0v) is 13.0. The van der Waals surface area contributed by atoms with E-state index in [1.54, 1.807) is 0 Å². The van der Waals surface area contributed by atoms with E-state index in [2.05, 4.69) is 0 Å². The van der Waals surface area contributed by atoms with E-state index in [0.717, 1.165) is 0 Å². The Morgan fingerprint density at radius 2 is 1.53 bits per heavy atom. The van der Waals surface area contributed by atoms with E-state index in [1.807, 2.05) is 27.7 Å². The van der Waals surface area contributed by atoms with Gasteiger partial charge in [-0.25, -0.2) is 4.57 Å². The van der Waals surface area contributed by atoms with Crippen molar-refractivity contribution in [2.24, 2.45) is 0 Å². The molecule has 0 heterocycles. The van der Waals surface area contributed by atoms with E-state index in [0.29, 0.717) is 26.3 Å². The van der Waals surface area contributed by atoms with Gasteiger partial charge in [0.15, 0.2) is 0 Å². The molecule has 1 N–H and O–H groups in total. The fourth-order valence-corrected chi connectivity index (χ4v) is 5.22. The minimum Gasteiger partial charge on any atom is -0.287 e. The second-order valence-electron chi connectivity index (χ2n) is 3.26. The van der Waals surface area contributed by atoms with Crippen LogP contribution < -0.4 is 0 Å². The zero-order valence-electron chi connectivity index (χ0n) is 11.3. The first-order valence-electron chi connectivity index (χ1n) is 5.78. The van der Waals surface area contributed by atoms with Crippen LogP contribution in [0.2, 0.25) is 0 Å². The van der Waals surface area contributed by atoms with Gasteiger partial charge in [-0.1, -0.05) is 0 Å². The van der Waals surface area contributed by atoms with Crippen molar-refractivity contribution in [1.29, 1.82) is 0 Å². The minimum atomic E-state index is -3.81. The van der Waals surface area contributed by atoms with Gasteiger partial charge in [0.25, 0.3) is 0 Å². The summed E-state index contributed by atoms with van der Waals surface area (Å²) in [4.78, 5) is 10.0. The van der Waals surface area contributed by atoms with Gasteiger partial charge in [-0.15, -0.1) is 0 Å². The van der Waals surface area contributed by atoms with Crippen molar-refractivity contribution in [3.8, 4) is 0 Å². The number of nitrogens with zero attached hydrogens (tertiary/aromatic N) is 1. The van der Waals surface area contributed by atoms with Crippen LogP contribution in [0.1, 0.15) is 27.7 Å². The first kappa shape index (κ1) is 17.5. The Morgan fingerprint density at radius 1 is 1.12 bits per heavy atom. The lowest BCUT2D eigenvalue weighted by Gasteiger charge is -2.39. The highest BCUT2D eigenvalue weighted by atomic mass is 31.2. The third-order valence-electron chi connectivity index (χ3n) is 2.50. The zero-order chi connectivity index (χ0) is 13.5. The van der Waals surface area contributed by atoms with Crippen LogP contribution in [-0.4, -0.2) is 42.3 Å². The summed E-state index contributed by atoms with van der Waals surface area (Å²) in [5.74, 6) is 0. The summed E-state index contributed by atoms with van der Waals surface area (Å²) in [5.41, 5.74) is 0. The van der Waals surface area contributed by atoms with Crippen LogP contribution in [0.4, 0.5) is 0 Å². The van der Waals surface area contributed by atoms with Gasteiger partial charge < -0.3 is 0 Å². The maximum Gasteiger partial charge on any atom is 0.533 e. The average molecular weight is 288 g/mol. The molecule has 6 nitrogen and oxygen atoms in total. The van der Waals surface area contributed by atoms with Gasteiger partial charge in [0.2, 0.25) is 0 Å². The minimum absolute atomic E-state index is 0.180. The van der Waals surface area contributed by atoms with E-state index in [9.17, 15) is 9.46 Å². The predicted molar refractivity (Wildman–Crippen MR) is 68.3 cm³/mol. The molecule has 0 aromatic heterocycles. The van der Waals surface area contributed by atoms with Crippen LogP contribution in [0.25, 0.3) is 0 Å². The highest BCUT2D eigenvalue weighted by Crippen LogP contribution is 2.68. The molecule has 0 amide bonds. The highest BCUT2D eigenvalue weighted by Gasteiger charge is 2.55. The lowest BCUT2D eigenvalue weighted by atomic mass is 10.7. The van der Waals surface area contributed by atoms with Crippen molar-refractivity contribution in [3.63, 3.8) is 0 Å². The summed E-state index contributed by atoms with van der Waals surface area (Å²) < 4.78 is 27.9. The second kappa shape index (κ2) is 7.80. The van der Waals surface area contributed by atoms with Gasteiger partial charge >= 0.3 is 16.3 Å². The summed E-state index contributed by atoms with van der Waals surface area (Å²) in [6.07, 6.45) is 0. The Bertz CT molecular complexity index is 254. The lowest BCUT2D eigenvalue weighted by molar-refractivity contribution is -0.703. The van der Waals surface area contributed by atoms with Crippen LogP contribution in [-0.2, 0) is 18.1 Å². The number of hydrogen-bond acceptors (Lipinski definition) is 4. The number of hydrogen-bond donors (Lipinski definition) is 1. The van der Waals surface area contributed by atoms with Gasteiger partial charge in [0.1, 0.15) is 0 Å². The molecule has 0 aliphatic heterocycles. The molecule has 0 fully saturated rings. The smallest absolute Gasteiger partial charge is 0.287 e. The number of rotatable bonds is 9. The van der Waals surface area contributed by atoms with Crippen molar-refractivity contribution >= 4 is 16.3 Å². The summed E-state index contributed by atoms with van der Waals surface area (Å²) in [6.45, 7) is 9.06. The Labute approximate surface area is 105 Å². The van der Waals surface area contributed by atoms with Gasteiger partial charge in [-0.3, -0.25) is 18.5 Å². The van der Waals surface area contributed by atoms with Crippen LogP contribution in [0.3, 0.4) is 0 Å². The summed E-state index contributed by atoms with van der Waals surface area (Å²) >= 11 is 0. The molecule has 0 saturated heterocycles. The Balaban J connectivity index is 5.33. The van der Waals surface area contributed by atoms with Crippen molar-refractivity contribution < 1.29 is 27.1 Å². The van der Waals surface area contributed by atoms with Crippen LogP contribution in [0, 0.1) is 0 Å². The molecular formula is C9H24NO5P2+. The molecule has 0 bridgehead atoms. The molecule has 0 aromatic rings. The fourth-order valence-electron chi connectivity index (χ4n) is 1.53. The quantitative estimate of drug-likeness (QED) is 0.661. The molecular weight excluding hydrogens is 264 g/mol. The van der Waals surface area contributed by atoms with Crippen molar-refractivity contribution in [2.45, 2.75) is 27.7 Å². The summed E-state index contributed by atoms with van der Waals surface area (Å²) in [7, 11) is -4.08. The topological polar surface area (TPSA) is 65.0 Å². The molecule has 104 valence electrons. The third kappa shape index (κ3) is 3.71. The Hall–Kier alpha value is 0.460. The first-order chi connectivity index (χ1) is 7.95. The molecule has 17 heavy (non-hydrogen) atoms. The van der Waals surface area contributed by atoms with Crippen molar-refractivity contribution in [1.82, 2.24) is 0 Å². The van der Waals surface area contributed by atoms with Crippen molar-refractivity contribution in [2.75, 3.05) is 33.4 Å². The van der Waals surface area contributed by atoms with Crippen LogP contribution in [0.15, 0.2) is 0 Å². The van der Waals surface area contributed by atoms with Crippen molar-refractivity contribution in [3.05, 3.63) is 0 Å². The average Bonchev–Trinajstić information content (AvgIpc) is 2.31. The third-order valence-corrected chi connectivity index (χ3v) is 7.73. The van der Waals surface area contributed by atoms with E-state index in [-0.39, 0.29) is 4.02 Å². The largest absolute Gasteiger partial charge is 0.533 e. The molecule has 0 spiro atoms. The predicted octanol–water partition coefficient (Wildman–Crippen LogP) is 2.89. The second-order valence-corrected chi connectivity index (χ2v) is 7.44. The highest BCUT2D eigenvalue weighted by molar-refractivity contribution is 7.57. The Kier molecular flexibility index (Phi) is 8.01. The standard InChI is InChI=1S/C9H23NO5P2/c1-6-10(7-2,17(11,12)13-5)16(14-8-3)15-9-4/h6-9H2,1-5H3/p+1. The maximum atomic E-state index is 12.2. The van der Waals surface area contributed by atoms with Gasteiger partial charge in [-0.05, 0) is 27.7 Å². The molecule has 0 radical (unpaired) electrons. The molecule has 0 saturated carbocycles. The van der Waals surface area contributed by atoms with Crippen LogP contribution in [0.5, 0.6) is 0 Å². The van der Waals surface area contributed by atoms with Gasteiger partial charge in [0.05, 0.1) is 33.4 Å². The van der Waals surface area contributed by atoms with E-state index in [4.69, 9.17) is 13.6 Å². The molecule has 1 unspecified atom stereocenters. The van der Waals surface area contributed by atoms with Crippen LogP contribution >= 0.6 is 16.3 Å². The number of quaternary nitrogens is 1. The molecule has 0 aliphatic carbocycles. The molecule has 0 aliphatic rings. The monoisotopic (exact) mass is 288 g/mol. The molecule has 8 heteroatoms. The molecule has 0 aromatic carbocycles. The Morgan fingerprint density at radius 3 is 1.76 bits per heavy atom. The first-order valence-corrected chi connectivity index (χ1v) is 8.44. The normalized spacial score (nSPS) is 16.2. The van der Waals surface area contributed by atoms with E-state index < -0.39 is 16.3 Å². The fraction of sp³-hybridized carbons (Fsp3) is 1.00. The van der Waals surface area contributed by atoms with E-state index in [1.165, 1.54) is 7.11 Å². The summed E-state index contributed by atoms with van der Waals surface area (Å²) in [6, 6.07) is 0. The molecule has 1 atom stereocenters. The van der Waals surface area contributed by atoms with Gasteiger partial charge in [0, 0.05) is 0 Å². The van der Waals surface area contributed by atoms with E-state index >= 15 is 0 Å². The SMILES string of the molecule is CCOP(OCC)[N+](CC)(CC)P(=O)(O)OC. The summed E-state index contributed by atoms with van der Waals surface area (Å²) in [5, 5.41) is 0. The molecule has 0 rings (SSSR count). The lowest BCUT2D eigenvalue weighted by Crippen LogP contribution is -2.40.